The quantitative estimate of drug-likeness (QED) is 0.849. The van der Waals surface area contributed by atoms with Gasteiger partial charge in [-0.2, -0.15) is 5.10 Å². The summed E-state index contributed by atoms with van der Waals surface area (Å²) in [6, 6.07) is 3.74. The van der Waals surface area contributed by atoms with Crippen molar-refractivity contribution in [2.75, 3.05) is 6.54 Å². The maximum Gasteiger partial charge on any atom is 0.274 e. The fourth-order valence-electron chi connectivity index (χ4n) is 2.57. The van der Waals surface area contributed by atoms with Crippen LogP contribution >= 0.6 is 11.6 Å². The number of rotatable bonds is 2. The van der Waals surface area contributed by atoms with Crippen molar-refractivity contribution >= 4 is 17.5 Å². The monoisotopic (exact) mass is 279 g/mol. The topological polar surface area (TPSA) is 51.3 Å². The molecule has 19 heavy (non-hydrogen) atoms. The fourth-order valence-corrected chi connectivity index (χ4v) is 2.82. The van der Waals surface area contributed by atoms with Gasteiger partial charge in [0.1, 0.15) is 11.5 Å². The number of furan rings is 1. The minimum atomic E-state index is -0.0936. The summed E-state index contributed by atoms with van der Waals surface area (Å²) in [5, 5.41) is 4.40. The number of nitrogens with zero attached hydrogens (tertiary/aromatic N) is 3. The van der Waals surface area contributed by atoms with Crippen LogP contribution in [0.15, 0.2) is 29.0 Å². The smallest absolute Gasteiger partial charge is 0.274 e. The molecule has 3 rings (SSSR count). The third-order valence-electron chi connectivity index (χ3n) is 3.48. The van der Waals surface area contributed by atoms with E-state index < -0.39 is 0 Å². The van der Waals surface area contributed by atoms with Gasteiger partial charge < -0.3 is 9.32 Å². The number of aryl methyl sites for hydroxylation is 1. The molecule has 3 heterocycles. The van der Waals surface area contributed by atoms with Gasteiger partial charge >= 0.3 is 0 Å². The van der Waals surface area contributed by atoms with E-state index in [0.717, 1.165) is 18.6 Å². The summed E-state index contributed by atoms with van der Waals surface area (Å²) in [5.74, 6) is 0.730. The molecule has 2 aromatic heterocycles. The highest BCUT2D eigenvalue weighted by Crippen LogP contribution is 2.34. The average molecular weight is 280 g/mol. The second-order valence-corrected chi connectivity index (χ2v) is 5.04. The second-order valence-electron chi connectivity index (χ2n) is 4.64. The number of hydrogen-bond donors (Lipinski definition) is 0. The standard InChI is InChI=1S/C13H14ClN3O2/c1-16-12(9(14)8-15-16)13(18)17-6-2-4-10(17)11-5-3-7-19-11/h3,5,7-8,10H,2,4,6H2,1H3/t10-/m0/s1. The van der Waals surface area contributed by atoms with E-state index in [4.69, 9.17) is 16.0 Å². The van der Waals surface area contributed by atoms with E-state index in [-0.39, 0.29) is 11.9 Å². The van der Waals surface area contributed by atoms with Crippen molar-refractivity contribution in [3.63, 3.8) is 0 Å². The van der Waals surface area contributed by atoms with E-state index in [0.29, 0.717) is 17.3 Å². The van der Waals surface area contributed by atoms with Gasteiger partial charge in [0.15, 0.2) is 0 Å². The van der Waals surface area contributed by atoms with E-state index >= 15 is 0 Å². The van der Waals surface area contributed by atoms with Crippen LogP contribution < -0.4 is 0 Å². The van der Waals surface area contributed by atoms with Crippen LogP contribution in [0.4, 0.5) is 0 Å². The Kier molecular flexibility index (Phi) is 3.06. The Morgan fingerprint density at radius 1 is 1.58 bits per heavy atom. The molecule has 0 spiro atoms. The molecule has 1 aliphatic rings. The lowest BCUT2D eigenvalue weighted by atomic mass is 10.1. The molecular formula is C13H14ClN3O2. The Hall–Kier alpha value is -1.75. The van der Waals surface area contributed by atoms with Crippen LogP contribution in [0.2, 0.25) is 5.02 Å². The van der Waals surface area contributed by atoms with Gasteiger partial charge in [0, 0.05) is 13.6 Å². The van der Waals surface area contributed by atoms with Crippen molar-refractivity contribution in [2.24, 2.45) is 7.05 Å². The van der Waals surface area contributed by atoms with E-state index in [1.54, 1.807) is 13.3 Å². The Morgan fingerprint density at radius 3 is 3.05 bits per heavy atom. The predicted octanol–water partition coefficient (Wildman–Crippen LogP) is 2.64. The normalized spacial score (nSPS) is 19.1. The van der Waals surface area contributed by atoms with Crippen molar-refractivity contribution < 1.29 is 9.21 Å². The summed E-state index contributed by atoms with van der Waals surface area (Å²) in [6.07, 6.45) is 5.00. The zero-order valence-electron chi connectivity index (χ0n) is 10.5. The SMILES string of the molecule is Cn1ncc(Cl)c1C(=O)N1CCC[C@H]1c1ccco1. The summed E-state index contributed by atoms with van der Waals surface area (Å²) in [5.41, 5.74) is 0.431. The Balaban J connectivity index is 1.91. The molecule has 2 aromatic rings. The van der Waals surface area contributed by atoms with Crippen LogP contribution in [0.1, 0.15) is 35.1 Å². The maximum atomic E-state index is 12.6. The number of amides is 1. The zero-order valence-corrected chi connectivity index (χ0v) is 11.3. The largest absolute Gasteiger partial charge is 0.467 e. The van der Waals surface area contributed by atoms with E-state index in [1.165, 1.54) is 10.9 Å². The molecule has 0 N–H and O–H groups in total. The Bertz CT molecular complexity index is 572. The van der Waals surface area contributed by atoms with Crippen molar-refractivity contribution in [1.29, 1.82) is 0 Å². The molecule has 1 fully saturated rings. The van der Waals surface area contributed by atoms with Crippen molar-refractivity contribution in [3.8, 4) is 0 Å². The minimum Gasteiger partial charge on any atom is -0.467 e. The molecule has 0 radical (unpaired) electrons. The lowest BCUT2D eigenvalue weighted by molar-refractivity contribution is 0.0709. The van der Waals surface area contributed by atoms with Crippen LogP contribution in [0, 0.1) is 0 Å². The molecule has 0 aliphatic carbocycles. The van der Waals surface area contributed by atoms with E-state index in [1.807, 2.05) is 17.0 Å². The van der Waals surface area contributed by atoms with Gasteiger partial charge in [-0.15, -0.1) is 0 Å². The third kappa shape index (κ3) is 2.04. The van der Waals surface area contributed by atoms with Gasteiger partial charge in [0.2, 0.25) is 0 Å². The average Bonchev–Trinajstić information content (AvgIpc) is 3.08. The van der Waals surface area contributed by atoms with E-state index in [9.17, 15) is 4.79 Å². The maximum absolute atomic E-state index is 12.6. The number of aromatic nitrogens is 2. The first-order chi connectivity index (χ1) is 9.18. The molecule has 0 saturated carbocycles. The summed E-state index contributed by atoms with van der Waals surface area (Å²) in [7, 11) is 1.72. The van der Waals surface area contributed by atoms with Crippen LogP contribution in [0.3, 0.4) is 0 Å². The molecule has 1 amide bonds. The van der Waals surface area contributed by atoms with Crippen molar-refractivity contribution in [3.05, 3.63) is 41.1 Å². The Morgan fingerprint density at radius 2 is 2.42 bits per heavy atom. The summed E-state index contributed by atoms with van der Waals surface area (Å²) >= 11 is 6.04. The lowest BCUT2D eigenvalue weighted by Gasteiger charge is -2.23. The van der Waals surface area contributed by atoms with Gasteiger partial charge in [-0.3, -0.25) is 9.48 Å². The third-order valence-corrected chi connectivity index (χ3v) is 3.76. The minimum absolute atomic E-state index is 0.00605. The molecule has 1 saturated heterocycles. The van der Waals surface area contributed by atoms with E-state index in [2.05, 4.69) is 5.10 Å². The molecule has 0 unspecified atom stereocenters. The molecule has 1 aliphatic heterocycles. The highest BCUT2D eigenvalue weighted by atomic mass is 35.5. The lowest BCUT2D eigenvalue weighted by Crippen LogP contribution is -2.32. The first-order valence-electron chi connectivity index (χ1n) is 6.20. The first kappa shape index (κ1) is 12.3. The fraction of sp³-hybridized carbons (Fsp3) is 0.385. The number of carbonyl (C=O) groups is 1. The first-order valence-corrected chi connectivity index (χ1v) is 6.58. The summed E-state index contributed by atoms with van der Waals surface area (Å²) in [6.45, 7) is 0.714. The van der Waals surface area contributed by atoms with Crippen LogP contribution in [0.25, 0.3) is 0 Å². The predicted molar refractivity (Wildman–Crippen MR) is 69.9 cm³/mol. The molecule has 6 heteroatoms. The number of carbonyl (C=O) groups excluding carboxylic acids is 1. The summed E-state index contributed by atoms with van der Waals surface area (Å²) in [4.78, 5) is 14.4. The second kappa shape index (κ2) is 4.74. The molecular weight excluding hydrogens is 266 g/mol. The van der Waals surface area contributed by atoms with Gasteiger partial charge in [-0.1, -0.05) is 11.6 Å². The molecule has 5 nitrogen and oxygen atoms in total. The number of hydrogen-bond acceptors (Lipinski definition) is 3. The molecule has 100 valence electrons. The van der Waals surface area contributed by atoms with Crippen LogP contribution in [0.5, 0.6) is 0 Å². The molecule has 0 bridgehead atoms. The van der Waals surface area contributed by atoms with Crippen LogP contribution in [-0.2, 0) is 7.05 Å². The summed E-state index contributed by atoms with van der Waals surface area (Å²) < 4.78 is 6.94. The zero-order chi connectivity index (χ0) is 13.4. The Labute approximate surface area is 115 Å². The van der Waals surface area contributed by atoms with Gasteiger partial charge in [-0.25, -0.2) is 0 Å². The van der Waals surface area contributed by atoms with Crippen molar-refractivity contribution in [2.45, 2.75) is 18.9 Å². The van der Waals surface area contributed by atoms with Crippen molar-refractivity contribution in [1.82, 2.24) is 14.7 Å². The number of halogens is 1. The van der Waals surface area contributed by atoms with Crippen LogP contribution in [-0.4, -0.2) is 27.1 Å². The highest BCUT2D eigenvalue weighted by molar-refractivity contribution is 6.33. The number of likely N-dealkylation sites (tertiary alicyclic amines) is 1. The van der Waals surface area contributed by atoms with Gasteiger partial charge in [-0.05, 0) is 25.0 Å². The molecule has 0 aromatic carbocycles. The molecule has 1 atom stereocenters. The van der Waals surface area contributed by atoms with Gasteiger partial charge in [0.25, 0.3) is 5.91 Å². The van der Waals surface area contributed by atoms with Gasteiger partial charge in [0.05, 0.1) is 23.5 Å². The highest BCUT2D eigenvalue weighted by Gasteiger charge is 2.34.